The van der Waals surface area contributed by atoms with Gasteiger partial charge in [0.2, 0.25) is 5.91 Å². The molecular formula is C59H113N2O6P. The van der Waals surface area contributed by atoms with E-state index in [1.54, 1.807) is 0 Å². The zero-order valence-electron chi connectivity index (χ0n) is 45.6. The van der Waals surface area contributed by atoms with Crippen molar-refractivity contribution in [3.05, 3.63) is 48.6 Å². The van der Waals surface area contributed by atoms with E-state index in [0.717, 1.165) is 64.2 Å². The minimum atomic E-state index is -4.57. The lowest BCUT2D eigenvalue weighted by atomic mass is 10.0. The number of hydrogen-bond acceptors (Lipinski definition) is 6. The van der Waals surface area contributed by atoms with Crippen molar-refractivity contribution >= 4 is 13.7 Å². The molecule has 0 radical (unpaired) electrons. The number of nitrogens with one attached hydrogen (secondary N) is 1. The van der Waals surface area contributed by atoms with Gasteiger partial charge in [0.1, 0.15) is 13.2 Å². The summed E-state index contributed by atoms with van der Waals surface area (Å²) in [5, 5.41) is 14.0. The maximum absolute atomic E-state index is 13.0. The monoisotopic (exact) mass is 977 g/mol. The maximum atomic E-state index is 13.0. The normalized spacial score (nSPS) is 14.3. The summed E-state index contributed by atoms with van der Waals surface area (Å²) in [6, 6.07) is -0.802. The van der Waals surface area contributed by atoms with Crippen molar-refractivity contribution in [3.63, 3.8) is 0 Å². The van der Waals surface area contributed by atoms with Gasteiger partial charge in [0.25, 0.3) is 7.82 Å². The molecular weight excluding hydrogens is 864 g/mol. The molecule has 400 valence electrons. The Labute approximate surface area is 422 Å². The lowest BCUT2D eigenvalue weighted by Crippen LogP contribution is -2.46. The summed E-state index contributed by atoms with van der Waals surface area (Å²) >= 11 is 0. The molecule has 8 nitrogen and oxygen atoms in total. The van der Waals surface area contributed by atoms with Crippen LogP contribution in [0.25, 0.3) is 0 Å². The number of phosphoric acid groups is 1. The zero-order chi connectivity index (χ0) is 49.9. The van der Waals surface area contributed by atoms with Gasteiger partial charge in [0.15, 0.2) is 0 Å². The molecule has 0 aromatic heterocycles. The third-order valence-electron chi connectivity index (χ3n) is 13.1. The van der Waals surface area contributed by atoms with Crippen LogP contribution in [0.4, 0.5) is 0 Å². The first kappa shape index (κ1) is 66.5. The Kier molecular flexibility index (Phi) is 49.3. The zero-order valence-corrected chi connectivity index (χ0v) is 46.5. The van der Waals surface area contributed by atoms with E-state index in [0.29, 0.717) is 23.9 Å². The van der Waals surface area contributed by atoms with Crippen molar-refractivity contribution < 1.29 is 32.9 Å². The predicted molar refractivity (Wildman–Crippen MR) is 293 cm³/mol. The molecule has 0 saturated carbocycles. The van der Waals surface area contributed by atoms with Crippen molar-refractivity contribution in [1.82, 2.24) is 5.32 Å². The molecule has 9 heteroatoms. The molecule has 0 aromatic rings. The second kappa shape index (κ2) is 50.4. The van der Waals surface area contributed by atoms with Crippen LogP contribution >= 0.6 is 7.82 Å². The maximum Gasteiger partial charge on any atom is 0.268 e. The van der Waals surface area contributed by atoms with Gasteiger partial charge in [-0.2, -0.15) is 0 Å². The first-order valence-electron chi connectivity index (χ1n) is 29.0. The van der Waals surface area contributed by atoms with Crippen molar-refractivity contribution in [2.75, 3.05) is 40.9 Å². The number of aliphatic hydroxyl groups excluding tert-OH is 1. The highest BCUT2D eigenvalue weighted by atomic mass is 31.2. The third kappa shape index (κ3) is 52.3. The second-order valence-corrected chi connectivity index (χ2v) is 22.4. The summed E-state index contributed by atoms with van der Waals surface area (Å²) in [7, 11) is 1.31. The fraction of sp³-hybridized carbons (Fsp3) is 0.847. The van der Waals surface area contributed by atoms with Crippen molar-refractivity contribution in [2.24, 2.45) is 0 Å². The van der Waals surface area contributed by atoms with Crippen LogP contribution in [-0.2, 0) is 18.4 Å². The van der Waals surface area contributed by atoms with Crippen molar-refractivity contribution in [2.45, 2.75) is 283 Å². The number of quaternary nitrogens is 1. The van der Waals surface area contributed by atoms with Gasteiger partial charge < -0.3 is 28.8 Å². The van der Waals surface area contributed by atoms with Gasteiger partial charge in [-0.25, -0.2) is 0 Å². The summed E-state index contributed by atoms with van der Waals surface area (Å²) in [5.41, 5.74) is 0. The Morgan fingerprint density at radius 3 is 1.31 bits per heavy atom. The topological polar surface area (TPSA) is 108 Å². The molecule has 0 aliphatic rings. The minimum Gasteiger partial charge on any atom is -0.756 e. The average molecular weight is 978 g/mol. The first-order chi connectivity index (χ1) is 33.0. The van der Waals surface area contributed by atoms with E-state index in [9.17, 15) is 19.4 Å². The SMILES string of the molecule is CC/C=C\C/C=C\C/C=C\C/C=C\CCCCCCCCCCCCCCCCC(=O)NC(COP(=O)([O-])OCC[N+](C)(C)C)C(O)CCCCCCCCCCCCCCCCCCCCC. The second-order valence-electron chi connectivity index (χ2n) is 21.0. The molecule has 0 aliphatic heterocycles. The molecule has 3 atom stereocenters. The number of likely N-dealkylation sites (N-methyl/N-ethyl adjacent to an activating group) is 1. The van der Waals surface area contributed by atoms with E-state index in [1.807, 2.05) is 21.1 Å². The number of nitrogens with zero attached hydrogens (tertiary/aromatic N) is 1. The smallest absolute Gasteiger partial charge is 0.268 e. The van der Waals surface area contributed by atoms with Gasteiger partial charge in [-0.05, 0) is 51.4 Å². The van der Waals surface area contributed by atoms with Crippen LogP contribution in [0.2, 0.25) is 0 Å². The van der Waals surface area contributed by atoms with Crippen LogP contribution in [0.1, 0.15) is 271 Å². The van der Waals surface area contributed by atoms with Gasteiger partial charge >= 0.3 is 0 Å². The van der Waals surface area contributed by atoms with Crippen LogP contribution in [0, 0.1) is 0 Å². The predicted octanol–water partition coefficient (Wildman–Crippen LogP) is 16.9. The molecule has 0 saturated heterocycles. The van der Waals surface area contributed by atoms with Crippen LogP contribution in [-0.4, -0.2) is 68.5 Å². The number of amides is 1. The molecule has 0 rings (SSSR count). The lowest BCUT2D eigenvalue weighted by molar-refractivity contribution is -0.870. The Hall–Kier alpha value is -1.54. The van der Waals surface area contributed by atoms with E-state index in [-0.39, 0.29) is 19.1 Å². The first-order valence-corrected chi connectivity index (χ1v) is 30.4. The van der Waals surface area contributed by atoms with Crippen LogP contribution < -0.4 is 10.2 Å². The van der Waals surface area contributed by atoms with Crippen LogP contribution in [0.5, 0.6) is 0 Å². The molecule has 0 spiro atoms. The standard InChI is InChI=1S/C59H113N2O6P/c1-6-8-10-12-14-16-18-20-22-24-26-27-28-29-30-31-32-33-35-37-39-41-43-45-47-49-51-53-59(63)60-57(56-67-68(64,65)66-55-54-61(3,4)5)58(62)52-50-48-46-44-42-40-38-36-34-25-23-21-19-17-15-13-11-9-7-2/h8,10,14,16,20,22,26-27,57-58,62H,6-7,9,11-13,15,17-19,21,23-25,28-56H2,1-5H3,(H-,60,63,64,65)/b10-8-,16-14-,22-20-,27-26-. The number of rotatable bonds is 53. The molecule has 1 amide bonds. The van der Waals surface area contributed by atoms with Gasteiger partial charge in [0.05, 0.1) is 39.9 Å². The highest BCUT2D eigenvalue weighted by molar-refractivity contribution is 7.45. The number of carbonyl (C=O) groups excluding carboxylic acids is 1. The molecule has 3 unspecified atom stereocenters. The molecule has 2 N–H and O–H groups in total. The number of allylic oxidation sites excluding steroid dienone is 8. The Morgan fingerprint density at radius 1 is 0.529 bits per heavy atom. The third-order valence-corrected chi connectivity index (χ3v) is 14.0. The van der Waals surface area contributed by atoms with E-state index in [4.69, 9.17) is 9.05 Å². The van der Waals surface area contributed by atoms with Crippen molar-refractivity contribution in [1.29, 1.82) is 0 Å². The van der Waals surface area contributed by atoms with E-state index in [2.05, 4.69) is 67.8 Å². The molecule has 0 aromatic carbocycles. The molecule has 0 aliphatic carbocycles. The van der Waals surface area contributed by atoms with Crippen LogP contribution in [0.3, 0.4) is 0 Å². The fourth-order valence-electron chi connectivity index (χ4n) is 8.56. The summed E-state index contributed by atoms with van der Waals surface area (Å²) in [5.74, 6) is -0.164. The van der Waals surface area contributed by atoms with E-state index >= 15 is 0 Å². The average Bonchev–Trinajstić information content (AvgIpc) is 3.30. The van der Waals surface area contributed by atoms with Gasteiger partial charge in [-0.1, -0.05) is 262 Å². The highest BCUT2D eigenvalue weighted by Crippen LogP contribution is 2.38. The van der Waals surface area contributed by atoms with Crippen molar-refractivity contribution in [3.8, 4) is 0 Å². The Balaban J connectivity index is 4.14. The molecule has 0 fully saturated rings. The number of phosphoric ester groups is 1. The summed E-state index contributed by atoms with van der Waals surface area (Å²) < 4.78 is 23.4. The Bertz CT molecular complexity index is 1250. The fourth-order valence-corrected chi connectivity index (χ4v) is 9.29. The number of unbranched alkanes of at least 4 members (excludes halogenated alkanes) is 32. The number of carbonyl (C=O) groups is 1. The summed E-state index contributed by atoms with van der Waals surface area (Å²) in [4.78, 5) is 25.5. The number of aliphatic hydroxyl groups is 1. The lowest BCUT2D eigenvalue weighted by Gasteiger charge is -2.30. The Morgan fingerprint density at radius 2 is 0.897 bits per heavy atom. The highest BCUT2D eigenvalue weighted by Gasteiger charge is 2.24. The van der Waals surface area contributed by atoms with Gasteiger partial charge in [-0.3, -0.25) is 9.36 Å². The minimum absolute atomic E-state index is 0.0121. The summed E-state index contributed by atoms with van der Waals surface area (Å²) in [6.07, 6.45) is 65.7. The summed E-state index contributed by atoms with van der Waals surface area (Å²) in [6.45, 7) is 4.64. The van der Waals surface area contributed by atoms with E-state index < -0.39 is 20.0 Å². The molecule has 68 heavy (non-hydrogen) atoms. The van der Waals surface area contributed by atoms with E-state index in [1.165, 1.54) is 180 Å². The number of hydrogen-bond donors (Lipinski definition) is 2. The van der Waals surface area contributed by atoms with Gasteiger partial charge in [-0.15, -0.1) is 0 Å². The van der Waals surface area contributed by atoms with Crippen LogP contribution in [0.15, 0.2) is 48.6 Å². The molecule has 0 bridgehead atoms. The van der Waals surface area contributed by atoms with Gasteiger partial charge in [0, 0.05) is 6.42 Å². The molecule has 0 heterocycles. The quantitative estimate of drug-likeness (QED) is 0.0272. The largest absolute Gasteiger partial charge is 0.756 e.